The topological polar surface area (TPSA) is 66.5 Å². The molecule has 0 atom stereocenters. The van der Waals surface area contributed by atoms with Gasteiger partial charge in [-0.1, -0.05) is 12.8 Å². The van der Waals surface area contributed by atoms with Gasteiger partial charge in [0.25, 0.3) is 5.91 Å². The molecule has 28 heavy (non-hydrogen) atoms. The Morgan fingerprint density at radius 3 is 2.36 bits per heavy atom. The van der Waals surface area contributed by atoms with E-state index in [1.807, 2.05) is 6.07 Å². The van der Waals surface area contributed by atoms with Crippen molar-refractivity contribution in [3.05, 3.63) is 45.6 Å². The number of hydrogen-bond donors (Lipinski definition) is 1. The number of aryl methyl sites for hydroxylation is 2. The Morgan fingerprint density at radius 1 is 0.929 bits per heavy atom. The fourth-order valence-electron chi connectivity index (χ4n) is 3.94. The van der Waals surface area contributed by atoms with Crippen molar-refractivity contribution in [3.8, 4) is 0 Å². The number of fused-ring (bicyclic) bond motifs is 1. The van der Waals surface area contributed by atoms with Crippen LogP contribution in [0.4, 0.5) is 5.69 Å². The predicted molar refractivity (Wildman–Crippen MR) is 113 cm³/mol. The lowest BCUT2D eigenvalue weighted by Gasteiger charge is -2.25. The molecule has 1 saturated heterocycles. The largest absolute Gasteiger partial charge is 0.321 e. The summed E-state index contributed by atoms with van der Waals surface area (Å²) in [5.74, 6) is -0.121. The molecule has 4 rings (SSSR count). The number of amides is 1. The smallest absolute Gasteiger partial charge is 0.265 e. The zero-order valence-electron chi connectivity index (χ0n) is 15.9. The van der Waals surface area contributed by atoms with Gasteiger partial charge in [0.2, 0.25) is 10.0 Å². The van der Waals surface area contributed by atoms with Crippen LogP contribution in [0.5, 0.6) is 0 Å². The quantitative estimate of drug-likeness (QED) is 0.746. The molecular formula is C21H26N2O3S2. The highest BCUT2D eigenvalue weighted by atomic mass is 32.2. The van der Waals surface area contributed by atoms with Gasteiger partial charge in [-0.25, -0.2) is 8.42 Å². The molecule has 5 nitrogen and oxygen atoms in total. The Hall–Kier alpha value is -1.70. The molecule has 2 aromatic rings. The second-order valence-electron chi connectivity index (χ2n) is 7.56. The Labute approximate surface area is 170 Å². The SMILES string of the molecule is O=C(Nc1ccc(S(=O)(=O)N2CCCCC2)cc1)c1cc2c(s1)CCCCC2. The van der Waals surface area contributed by atoms with Crippen molar-refractivity contribution in [1.29, 1.82) is 0 Å². The third-order valence-electron chi connectivity index (χ3n) is 5.54. The minimum absolute atomic E-state index is 0.121. The first kappa shape index (κ1) is 19.6. The van der Waals surface area contributed by atoms with E-state index in [2.05, 4.69) is 5.32 Å². The number of hydrogen-bond acceptors (Lipinski definition) is 4. The maximum atomic E-state index is 12.7. The van der Waals surface area contributed by atoms with Crippen LogP contribution in [0.25, 0.3) is 0 Å². The lowest BCUT2D eigenvalue weighted by atomic mass is 10.1. The number of rotatable bonds is 4. The zero-order chi connectivity index (χ0) is 19.6. The summed E-state index contributed by atoms with van der Waals surface area (Å²) in [5.41, 5.74) is 1.93. The molecule has 0 bridgehead atoms. The number of benzene rings is 1. The van der Waals surface area contributed by atoms with Crippen molar-refractivity contribution in [1.82, 2.24) is 4.31 Å². The molecule has 0 radical (unpaired) electrons. The fraction of sp³-hybridized carbons (Fsp3) is 0.476. The molecule has 7 heteroatoms. The molecule has 0 spiro atoms. The summed E-state index contributed by atoms with van der Waals surface area (Å²) in [6, 6.07) is 8.54. The van der Waals surface area contributed by atoms with Gasteiger partial charge in [0.05, 0.1) is 9.77 Å². The summed E-state index contributed by atoms with van der Waals surface area (Å²) in [5, 5.41) is 2.90. The van der Waals surface area contributed by atoms with Gasteiger partial charge in [0.15, 0.2) is 0 Å². The number of thiophene rings is 1. The molecule has 1 N–H and O–H groups in total. The molecule has 1 amide bonds. The number of carbonyl (C=O) groups excluding carboxylic acids is 1. The Bertz CT molecular complexity index is 919. The Morgan fingerprint density at radius 2 is 1.61 bits per heavy atom. The van der Waals surface area contributed by atoms with Crippen molar-refractivity contribution >= 4 is 33.0 Å². The predicted octanol–water partition coefficient (Wildman–Crippen LogP) is 4.44. The van der Waals surface area contributed by atoms with E-state index in [1.54, 1.807) is 39.9 Å². The van der Waals surface area contributed by atoms with Gasteiger partial charge in [-0.05, 0) is 74.4 Å². The van der Waals surface area contributed by atoms with E-state index in [0.29, 0.717) is 18.8 Å². The van der Waals surface area contributed by atoms with Crippen LogP contribution in [0.15, 0.2) is 35.2 Å². The Balaban J connectivity index is 1.45. The molecule has 1 aromatic heterocycles. The molecule has 1 fully saturated rings. The fourth-order valence-corrected chi connectivity index (χ4v) is 6.60. The van der Waals surface area contributed by atoms with E-state index in [4.69, 9.17) is 0 Å². The second-order valence-corrected chi connectivity index (χ2v) is 10.6. The second kappa shape index (κ2) is 8.35. The molecule has 0 saturated carbocycles. The van der Waals surface area contributed by atoms with Crippen LogP contribution < -0.4 is 5.32 Å². The van der Waals surface area contributed by atoms with Gasteiger partial charge in [-0.2, -0.15) is 4.31 Å². The molecule has 0 unspecified atom stereocenters. The highest BCUT2D eigenvalue weighted by Crippen LogP contribution is 2.29. The molecule has 150 valence electrons. The average molecular weight is 419 g/mol. The third kappa shape index (κ3) is 4.16. The van der Waals surface area contributed by atoms with Crippen molar-refractivity contribution in [2.45, 2.75) is 56.3 Å². The number of anilines is 1. The van der Waals surface area contributed by atoms with Gasteiger partial charge in [0.1, 0.15) is 0 Å². The maximum absolute atomic E-state index is 12.7. The molecular weight excluding hydrogens is 392 g/mol. The summed E-state index contributed by atoms with van der Waals surface area (Å²) < 4.78 is 27.0. The highest BCUT2D eigenvalue weighted by molar-refractivity contribution is 7.89. The molecule has 1 aliphatic heterocycles. The number of sulfonamides is 1. The van der Waals surface area contributed by atoms with Crippen LogP contribution in [0.2, 0.25) is 0 Å². The first-order valence-corrected chi connectivity index (χ1v) is 12.3. The van der Waals surface area contributed by atoms with Crippen molar-refractivity contribution in [3.63, 3.8) is 0 Å². The monoisotopic (exact) mass is 418 g/mol. The van der Waals surface area contributed by atoms with Gasteiger partial charge in [-0.15, -0.1) is 11.3 Å². The summed E-state index contributed by atoms with van der Waals surface area (Å²) in [4.78, 5) is 15.0. The number of carbonyl (C=O) groups is 1. The molecule has 1 aliphatic carbocycles. The summed E-state index contributed by atoms with van der Waals surface area (Å²) in [6.45, 7) is 1.17. The average Bonchev–Trinajstić information content (AvgIpc) is 3.00. The van der Waals surface area contributed by atoms with Crippen LogP contribution >= 0.6 is 11.3 Å². The number of nitrogens with one attached hydrogen (secondary N) is 1. The number of nitrogens with zero attached hydrogens (tertiary/aromatic N) is 1. The van der Waals surface area contributed by atoms with Crippen LogP contribution in [0, 0.1) is 0 Å². The van der Waals surface area contributed by atoms with Crippen molar-refractivity contribution in [2.24, 2.45) is 0 Å². The van der Waals surface area contributed by atoms with Gasteiger partial charge in [-0.3, -0.25) is 4.79 Å². The normalized spacial score (nSPS) is 18.3. The minimum atomic E-state index is -3.44. The van der Waals surface area contributed by atoms with Gasteiger partial charge < -0.3 is 5.32 Å². The Kier molecular flexibility index (Phi) is 5.85. The number of piperidine rings is 1. The zero-order valence-corrected chi connectivity index (χ0v) is 17.6. The summed E-state index contributed by atoms with van der Waals surface area (Å²) >= 11 is 1.59. The molecule has 1 aromatic carbocycles. The van der Waals surface area contributed by atoms with Crippen LogP contribution in [0.1, 0.15) is 58.6 Å². The van der Waals surface area contributed by atoms with Crippen LogP contribution in [-0.4, -0.2) is 31.7 Å². The third-order valence-corrected chi connectivity index (χ3v) is 8.68. The molecule has 2 aliphatic rings. The lowest BCUT2D eigenvalue weighted by Crippen LogP contribution is -2.35. The maximum Gasteiger partial charge on any atom is 0.265 e. The highest BCUT2D eigenvalue weighted by Gasteiger charge is 2.25. The van der Waals surface area contributed by atoms with E-state index < -0.39 is 10.0 Å². The van der Waals surface area contributed by atoms with Crippen LogP contribution in [-0.2, 0) is 22.9 Å². The van der Waals surface area contributed by atoms with Crippen LogP contribution in [0.3, 0.4) is 0 Å². The van der Waals surface area contributed by atoms with E-state index in [9.17, 15) is 13.2 Å². The van der Waals surface area contributed by atoms with Crippen molar-refractivity contribution in [2.75, 3.05) is 18.4 Å². The van der Waals surface area contributed by atoms with Crippen molar-refractivity contribution < 1.29 is 13.2 Å². The van der Waals surface area contributed by atoms with E-state index in [1.165, 1.54) is 29.7 Å². The minimum Gasteiger partial charge on any atom is -0.321 e. The van der Waals surface area contributed by atoms with E-state index in [-0.39, 0.29) is 10.8 Å². The standard InChI is InChI=1S/C21H26N2O3S2/c24-21(20-15-16-7-3-1-4-8-19(16)27-20)22-17-9-11-18(12-10-17)28(25,26)23-13-5-2-6-14-23/h9-12,15H,1-8,13-14H2,(H,22,24). The van der Waals surface area contributed by atoms with E-state index in [0.717, 1.165) is 37.0 Å². The summed E-state index contributed by atoms with van der Waals surface area (Å²) in [7, 11) is -3.44. The van der Waals surface area contributed by atoms with E-state index >= 15 is 0 Å². The van der Waals surface area contributed by atoms with Gasteiger partial charge in [0, 0.05) is 23.7 Å². The first-order chi connectivity index (χ1) is 13.5. The van der Waals surface area contributed by atoms with Gasteiger partial charge >= 0.3 is 0 Å². The summed E-state index contributed by atoms with van der Waals surface area (Å²) in [6.07, 6.45) is 8.69. The molecule has 2 heterocycles. The lowest BCUT2D eigenvalue weighted by molar-refractivity contribution is 0.103. The first-order valence-electron chi connectivity index (χ1n) is 10.1.